The number of hydrogen-bond donors (Lipinski definition) is 2. The number of hydrogen-bond acceptors (Lipinski definition) is 5. The van der Waals surface area contributed by atoms with Gasteiger partial charge in [-0.25, -0.2) is 9.37 Å². The van der Waals surface area contributed by atoms with Crippen LogP contribution in [0.5, 0.6) is 0 Å². The molecule has 5 heterocycles. The maximum atomic E-state index is 13.6. The number of halogens is 1. The van der Waals surface area contributed by atoms with Gasteiger partial charge in [0.15, 0.2) is 0 Å². The van der Waals surface area contributed by atoms with E-state index in [4.69, 9.17) is 4.98 Å². The number of nitrogens with one attached hydrogen (secondary N) is 1. The van der Waals surface area contributed by atoms with Crippen molar-refractivity contribution in [3.8, 4) is 22.3 Å². The number of H-pyrrole nitrogens is 1. The highest BCUT2D eigenvalue weighted by Gasteiger charge is 2.22. The van der Waals surface area contributed by atoms with Gasteiger partial charge in [-0.15, -0.1) is 0 Å². The van der Waals surface area contributed by atoms with Crippen LogP contribution in [0.15, 0.2) is 73.4 Å². The quantitative estimate of drug-likeness (QED) is 0.313. The van der Waals surface area contributed by atoms with E-state index in [2.05, 4.69) is 38.2 Å². The summed E-state index contributed by atoms with van der Waals surface area (Å²) in [5.41, 5.74) is 6.85. The highest BCUT2D eigenvalue weighted by atomic mass is 19.1. The van der Waals surface area contributed by atoms with Gasteiger partial charge in [-0.05, 0) is 62.7 Å². The number of β-amino-alcohol motifs (C(OH)–C–C–N with tert-alkyl or cyclic N) is 1. The van der Waals surface area contributed by atoms with Crippen LogP contribution in [0.4, 0.5) is 4.39 Å². The molecule has 194 valence electrons. The van der Waals surface area contributed by atoms with E-state index in [0.29, 0.717) is 12.5 Å². The van der Waals surface area contributed by atoms with Gasteiger partial charge in [0.2, 0.25) is 0 Å². The summed E-state index contributed by atoms with van der Waals surface area (Å²) in [6.45, 7) is 5.07. The third-order valence-corrected chi connectivity index (χ3v) is 7.36. The molecular weight excluding hydrogens is 479 g/mol. The standard InChI is InChI=1S/C30H31FN6O/c1-20(38)17-36-9-7-22(8-10-36)29-6-5-23(13-32-29)24-12-27-28(16-34-30(27)33-14-24)25-15-35-37(19-25)18-21-3-2-4-26(31)11-21/h2-6,11-16,19-20,22,38H,7-10,17-18H2,1H3,(H,33,34)/t20-/m0/s1. The van der Waals surface area contributed by atoms with Gasteiger partial charge < -0.3 is 15.0 Å². The average molecular weight is 511 g/mol. The second-order valence-electron chi connectivity index (χ2n) is 10.3. The molecule has 38 heavy (non-hydrogen) atoms. The van der Waals surface area contributed by atoms with E-state index in [-0.39, 0.29) is 11.9 Å². The van der Waals surface area contributed by atoms with Crippen LogP contribution in [0.25, 0.3) is 33.3 Å². The number of fused-ring (bicyclic) bond motifs is 1. The number of pyridine rings is 2. The van der Waals surface area contributed by atoms with Crippen LogP contribution >= 0.6 is 0 Å². The fourth-order valence-corrected chi connectivity index (χ4v) is 5.41. The van der Waals surface area contributed by atoms with E-state index in [1.165, 1.54) is 12.1 Å². The number of rotatable bonds is 7. The first-order valence-electron chi connectivity index (χ1n) is 13.1. The molecule has 0 radical (unpaired) electrons. The van der Waals surface area contributed by atoms with Gasteiger partial charge >= 0.3 is 0 Å². The minimum Gasteiger partial charge on any atom is -0.392 e. The lowest BCUT2D eigenvalue weighted by Gasteiger charge is -2.32. The first-order chi connectivity index (χ1) is 18.5. The molecule has 8 heteroatoms. The molecule has 0 spiro atoms. The predicted octanol–water partition coefficient (Wildman–Crippen LogP) is 5.24. The van der Waals surface area contributed by atoms with Crippen molar-refractivity contribution in [3.63, 3.8) is 0 Å². The Balaban J connectivity index is 1.19. The monoisotopic (exact) mass is 510 g/mol. The molecule has 1 aliphatic heterocycles. The third-order valence-electron chi connectivity index (χ3n) is 7.36. The van der Waals surface area contributed by atoms with Crippen molar-refractivity contribution in [3.05, 3.63) is 90.5 Å². The van der Waals surface area contributed by atoms with E-state index in [1.807, 2.05) is 48.7 Å². The number of aliphatic hydroxyl groups excluding tert-OH is 1. The number of likely N-dealkylation sites (tertiary alicyclic amines) is 1. The number of benzene rings is 1. The molecule has 0 saturated carbocycles. The largest absolute Gasteiger partial charge is 0.392 e. The minimum absolute atomic E-state index is 0.245. The number of nitrogens with zero attached hydrogens (tertiary/aromatic N) is 5. The Kier molecular flexibility index (Phi) is 6.74. The summed E-state index contributed by atoms with van der Waals surface area (Å²) in [5, 5.41) is 15.2. The zero-order chi connectivity index (χ0) is 26.1. The molecular formula is C30H31FN6O. The lowest BCUT2D eigenvalue weighted by Crippen LogP contribution is -2.37. The zero-order valence-electron chi connectivity index (χ0n) is 21.4. The van der Waals surface area contributed by atoms with E-state index in [9.17, 15) is 9.50 Å². The van der Waals surface area contributed by atoms with Crippen molar-refractivity contribution in [2.45, 2.75) is 38.3 Å². The lowest BCUT2D eigenvalue weighted by molar-refractivity contribution is 0.109. The zero-order valence-corrected chi connectivity index (χ0v) is 21.4. The van der Waals surface area contributed by atoms with Crippen molar-refractivity contribution < 1.29 is 9.50 Å². The summed E-state index contributed by atoms with van der Waals surface area (Å²) in [6, 6.07) is 13.0. The molecule has 1 aliphatic rings. The normalized spacial score (nSPS) is 15.8. The van der Waals surface area contributed by atoms with Crippen LogP contribution in [0, 0.1) is 5.82 Å². The topological polar surface area (TPSA) is 82.9 Å². The molecule has 0 amide bonds. The second-order valence-corrected chi connectivity index (χ2v) is 10.3. The fraction of sp³-hybridized carbons (Fsp3) is 0.300. The van der Waals surface area contributed by atoms with Crippen LogP contribution in [-0.4, -0.2) is 60.5 Å². The Bertz CT molecular complexity index is 1530. The molecule has 2 N–H and O–H groups in total. The molecule has 5 aromatic rings. The van der Waals surface area contributed by atoms with Crippen molar-refractivity contribution in [2.75, 3.05) is 19.6 Å². The molecule has 0 unspecified atom stereocenters. The van der Waals surface area contributed by atoms with Gasteiger partial charge in [0.25, 0.3) is 0 Å². The Hall–Kier alpha value is -3.88. The number of aromatic nitrogens is 5. The molecule has 6 rings (SSSR count). The molecule has 0 aliphatic carbocycles. The summed E-state index contributed by atoms with van der Waals surface area (Å²) < 4.78 is 15.4. The predicted molar refractivity (Wildman–Crippen MR) is 146 cm³/mol. The van der Waals surface area contributed by atoms with Crippen LogP contribution in [0.3, 0.4) is 0 Å². The average Bonchev–Trinajstić information content (AvgIpc) is 3.55. The number of aromatic amines is 1. The van der Waals surface area contributed by atoms with E-state index in [0.717, 1.165) is 77.0 Å². The Morgan fingerprint density at radius 1 is 1.03 bits per heavy atom. The lowest BCUT2D eigenvalue weighted by atomic mass is 9.92. The summed E-state index contributed by atoms with van der Waals surface area (Å²) in [4.78, 5) is 15.1. The molecule has 1 atom stereocenters. The first kappa shape index (κ1) is 24.5. The molecule has 4 aromatic heterocycles. The smallest absolute Gasteiger partial charge is 0.137 e. The van der Waals surface area contributed by atoms with E-state index in [1.54, 1.807) is 6.07 Å². The van der Waals surface area contributed by atoms with Gasteiger partial charge in [0, 0.05) is 70.6 Å². The Morgan fingerprint density at radius 2 is 1.87 bits per heavy atom. The van der Waals surface area contributed by atoms with Crippen LogP contribution in [0.2, 0.25) is 0 Å². The molecule has 0 bridgehead atoms. The number of aliphatic hydroxyl groups is 1. The summed E-state index contributed by atoms with van der Waals surface area (Å²) in [7, 11) is 0. The highest BCUT2D eigenvalue weighted by Crippen LogP contribution is 2.32. The summed E-state index contributed by atoms with van der Waals surface area (Å²) in [6.07, 6.45) is 11.4. The molecule has 1 saturated heterocycles. The number of piperidine rings is 1. The van der Waals surface area contributed by atoms with Gasteiger partial charge in [-0.1, -0.05) is 18.2 Å². The van der Waals surface area contributed by atoms with Gasteiger partial charge in [-0.3, -0.25) is 9.67 Å². The van der Waals surface area contributed by atoms with E-state index < -0.39 is 0 Å². The van der Waals surface area contributed by atoms with Gasteiger partial charge in [-0.2, -0.15) is 5.10 Å². The molecule has 1 aromatic carbocycles. The van der Waals surface area contributed by atoms with Gasteiger partial charge in [0.1, 0.15) is 11.5 Å². The van der Waals surface area contributed by atoms with Gasteiger partial charge in [0.05, 0.1) is 18.8 Å². The molecule has 7 nitrogen and oxygen atoms in total. The maximum Gasteiger partial charge on any atom is 0.137 e. The van der Waals surface area contributed by atoms with Crippen LogP contribution in [0.1, 0.15) is 36.9 Å². The first-order valence-corrected chi connectivity index (χ1v) is 13.1. The maximum absolute atomic E-state index is 13.6. The van der Waals surface area contributed by atoms with Crippen molar-refractivity contribution in [1.29, 1.82) is 0 Å². The highest BCUT2D eigenvalue weighted by molar-refractivity contribution is 5.95. The van der Waals surface area contributed by atoms with Crippen LogP contribution < -0.4 is 0 Å². The Morgan fingerprint density at radius 3 is 2.63 bits per heavy atom. The van der Waals surface area contributed by atoms with E-state index >= 15 is 0 Å². The minimum atomic E-state index is -0.285. The molecule has 1 fully saturated rings. The summed E-state index contributed by atoms with van der Waals surface area (Å²) >= 11 is 0. The van der Waals surface area contributed by atoms with Crippen LogP contribution in [-0.2, 0) is 6.54 Å². The Labute approximate surface area is 221 Å². The van der Waals surface area contributed by atoms with Crippen molar-refractivity contribution in [2.24, 2.45) is 0 Å². The summed E-state index contributed by atoms with van der Waals surface area (Å²) in [5.74, 6) is 0.209. The third kappa shape index (κ3) is 5.23. The fourth-order valence-electron chi connectivity index (χ4n) is 5.41. The van der Waals surface area contributed by atoms with Crippen molar-refractivity contribution >= 4 is 11.0 Å². The van der Waals surface area contributed by atoms with Crippen molar-refractivity contribution in [1.82, 2.24) is 29.6 Å². The SMILES string of the molecule is C[C@H](O)CN1CCC(c2ccc(-c3cnc4[nH]cc(-c5cnn(Cc6cccc(F)c6)c5)c4c3)cn2)CC1. The second kappa shape index (κ2) is 10.5.